The van der Waals surface area contributed by atoms with Gasteiger partial charge in [-0.15, -0.1) is 10.2 Å². The van der Waals surface area contributed by atoms with Crippen LogP contribution in [0.5, 0.6) is 0 Å². The maximum absolute atomic E-state index is 12.5. The molecule has 2 atom stereocenters. The highest BCUT2D eigenvalue weighted by Crippen LogP contribution is 2.27. The Kier molecular flexibility index (Phi) is 5.03. The molecule has 0 saturated carbocycles. The fraction of sp³-hybridized carbons (Fsp3) is 0.727. The van der Waals surface area contributed by atoms with E-state index in [2.05, 4.69) is 10.2 Å². The van der Waals surface area contributed by atoms with Crippen LogP contribution in [0.25, 0.3) is 0 Å². The highest BCUT2D eigenvalue weighted by atomic mass is 32.2. The molecule has 0 spiro atoms. The number of sulfone groups is 1. The monoisotopic (exact) mass is 335 g/mol. The number of aromatic nitrogens is 2. The zero-order chi connectivity index (χ0) is 14.8. The van der Waals surface area contributed by atoms with Gasteiger partial charge in [-0.05, 0) is 20.3 Å². The second kappa shape index (κ2) is 6.40. The highest BCUT2D eigenvalue weighted by Gasteiger charge is 2.35. The third-order valence-electron chi connectivity index (χ3n) is 3.24. The molecule has 1 amide bonds. The Morgan fingerprint density at radius 3 is 2.90 bits per heavy atom. The summed E-state index contributed by atoms with van der Waals surface area (Å²) in [6.45, 7) is 4.23. The van der Waals surface area contributed by atoms with Gasteiger partial charge in [0.05, 0.1) is 16.8 Å². The Balaban J connectivity index is 2.02. The van der Waals surface area contributed by atoms with Crippen molar-refractivity contribution in [2.45, 2.75) is 35.9 Å². The summed E-state index contributed by atoms with van der Waals surface area (Å²) in [4.78, 5) is 14.1. The molecule has 9 heteroatoms. The van der Waals surface area contributed by atoms with Crippen LogP contribution < -0.4 is 0 Å². The normalized spacial score (nSPS) is 22.6. The topological polar surface area (TPSA) is 80.2 Å². The van der Waals surface area contributed by atoms with Gasteiger partial charge < -0.3 is 4.90 Å². The van der Waals surface area contributed by atoms with Gasteiger partial charge in [0.15, 0.2) is 14.2 Å². The summed E-state index contributed by atoms with van der Waals surface area (Å²) >= 11 is 2.76. The first-order valence-corrected chi connectivity index (χ1v) is 9.94. The summed E-state index contributed by atoms with van der Waals surface area (Å²) < 4.78 is 23.9. The minimum atomic E-state index is -2.98. The minimum absolute atomic E-state index is 0.0326. The molecule has 1 saturated heterocycles. The number of carbonyl (C=O) groups excluding carboxylic acids is 1. The number of hydrogen-bond acceptors (Lipinski definition) is 7. The average molecular weight is 335 g/mol. The fourth-order valence-electron chi connectivity index (χ4n) is 2.26. The second-order valence-corrected chi connectivity index (χ2v) is 9.30. The Morgan fingerprint density at radius 1 is 1.65 bits per heavy atom. The Labute approximate surface area is 126 Å². The number of hydrogen-bond donors (Lipinski definition) is 0. The molecule has 1 fully saturated rings. The van der Waals surface area contributed by atoms with Gasteiger partial charge in [0, 0.05) is 12.6 Å². The lowest BCUT2D eigenvalue weighted by Gasteiger charge is -2.29. The van der Waals surface area contributed by atoms with Gasteiger partial charge in [0.2, 0.25) is 5.91 Å². The van der Waals surface area contributed by atoms with Crippen molar-refractivity contribution in [3.8, 4) is 0 Å². The van der Waals surface area contributed by atoms with Crippen molar-refractivity contribution >= 4 is 38.8 Å². The Morgan fingerprint density at radius 2 is 2.40 bits per heavy atom. The summed E-state index contributed by atoms with van der Waals surface area (Å²) in [5, 5.41) is 7.36. The zero-order valence-corrected chi connectivity index (χ0v) is 13.8. The molecule has 2 rings (SSSR count). The summed E-state index contributed by atoms with van der Waals surface area (Å²) in [6, 6.07) is -0.185. The van der Waals surface area contributed by atoms with E-state index in [1.807, 2.05) is 13.8 Å². The lowest BCUT2D eigenvalue weighted by atomic mass is 10.2. The van der Waals surface area contributed by atoms with Crippen LogP contribution in [0, 0.1) is 0 Å². The van der Waals surface area contributed by atoms with Gasteiger partial charge >= 0.3 is 0 Å². The summed E-state index contributed by atoms with van der Waals surface area (Å²) in [5.74, 6) is 0.233. The van der Waals surface area contributed by atoms with Gasteiger partial charge in [0.25, 0.3) is 0 Å². The van der Waals surface area contributed by atoms with Crippen molar-refractivity contribution in [3.05, 3.63) is 5.51 Å². The predicted molar refractivity (Wildman–Crippen MR) is 79.7 cm³/mol. The van der Waals surface area contributed by atoms with Crippen LogP contribution in [0.15, 0.2) is 9.85 Å². The van der Waals surface area contributed by atoms with E-state index in [-0.39, 0.29) is 28.7 Å². The van der Waals surface area contributed by atoms with Gasteiger partial charge in [0.1, 0.15) is 5.51 Å². The van der Waals surface area contributed by atoms with Crippen LogP contribution in [-0.2, 0) is 14.6 Å². The molecule has 0 aromatic carbocycles. The lowest BCUT2D eigenvalue weighted by Crippen LogP contribution is -2.44. The summed E-state index contributed by atoms with van der Waals surface area (Å²) in [5.41, 5.74) is 1.63. The van der Waals surface area contributed by atoms with Crippen molar-refractivity contribution in [2.24, 2.45) is 0 Å². The molecule has 2 heterocycles. The summed E-state index contributed by atoms with van der Waals surface area (Å²) in [7, 11) is -2.98. The molecule has 1 aromatic heterocycles. The number of thioether (sulfide) groups is 1. The molecule has 20 heavy (non-hydrogen) atoms. The van der Waals surface area contributed by atoms with Gasteiger partial charge in [-0.2, -0.15) is 0 Å². The molecule has 6 nitrogen and oxygen atoms in total. The minimum Gasteiger partial charge on any atom is -0.338 e. The molecule has 0 radical (unpaired) electrons. The molecule has 0 aliphatic carbocycles. The Bertz CT molecular complexity index is 559. The standard InChI is InChI=1S/C11H17N3O3S3/c1-3-14(9-4-5-20(16,17)6-9)10(15)8(2)19-11-13-12-7-18-11/h7-9H,3-6H2,1-2H3/t8-,9-/m1/s1. The van der Waals surface area contributed by atoms with Crippen LogP contribution in [0.2, 0.25) is 0 Å². The van der Waals surface area contributed by atoms with E-state index in [1.54, 1.807) is 10.4 Å². The second-order valence-electron chi connectivity index (χ2n) is 4.65. The summed E-state index contributed by atoms with van der Waals surface area (Å²) in [6.07, 6.45) is 0.540. The van der Waals surface area contributed by atoms with Crippen molar-refractivity contribution in [1.82, 2.24) is 15.1 Å². The molecule has 0 unspecified atom stereocenters. The molecule has 0 bridgehead atoms. The molecule has 1 aliphatic heterocycles. The van der Waals surface area contributed by atoms with E-state index in [9.17, 15) is 13.2 Å². The van der Waals surface area contributed by atoms with Gasteiger partial charge in [-0.1, -0.05) is 23.1 Å². The maximum atomic E-state index is 12.5. The number of amides is 1. The fourth-order valence-corrected chi connectivity index (χ4v) is 5.69. The number of nitrogens with zero attached hydrogens (tertiary/aromatic N) is 3. The van der Waals surface area contributed by atoms with E-state index in [0.29, 0.717) is 13.0 Å². The third-order valence-corrected chi connectivity index (χ3v) is 6.89. The van der Waals surface area contributed by atoms with Crippen molar-refractivity contribution in [3.63, 3.8) is 0 Å². The van der Waals surface area contributed by atoms with E-state index in [1.165, 1.54) is 23.1 Å². The smallest absolute Gasteiger partial charge is 0.236 e. The van der Waals surface area contributed by atoms with Crippen molar-refractivity contribution in [2.75, 3.05) is 18.1 Å². The quantitative estimate of drug-likeness (QED) is 0.748. The third kappa shape index (κ3) is 3.70. The van der Waals surface area contributed by atoms with Gasteiger partial charge in [-0.3, -0.25) is 4.79 Å². The van der Waals surface area contributed by atoms with Crippen LogP contribution in [0.3, 0.4) is 0 Å². The molecule has 0 N–H and O–H groups in total. The Hall–Kier alpha value is -0.670. The molecule has 1 aromatic rings. The molecular weight excluding hydrogens is 318 g/mol. The number of carbonyl (C=O) groups is 1. The molecule has 112 valence electrons. The van der Waals surface area contributed by atoms with Crippen molar-refractivity contribution < 1.29 is 13.2 Å². The first-order valence-electron chi connectivity index (χ1n) is 6.36. The van der Waals surface area contributed by atoms with E-state index < -0.39 is 9.84 Å². The van der Waals surface area contributed by atoms with Gasteiger partial charge in [-0.25, -0.2) is 8.42 Å². The molecule has 1 aliphatic rings. The highest BCUT2D eigenvalue weighted by molar-refractivity contribution is 8.02. The predicted octanol–water partition coefficient (Wildman–Crippen LogP) is 1.05. The van der Waals surface area contributed by atoms with Crippen LogP contribution >= 0.6 is 23.1 Å². The maximum Gasteiger partial charge on any atom is 0.236 e. The van der Waals surface area contributed by atoms with Crippen molar-refractivity contribution in [1.29, 1.82) is 0 Å². The SMILES string of the molecule is CCN(C(=O)[C@@H](C)Sc1nncs1)[C@@H]1CCS(=O)(=O)C1. The largest absolute Gasteiger partial charge is 0.338 e. The first kappa shape index (κ1) is 15.7. The molecular formula is C11H17N3O3S3. The van der Waals surface area contributed by atoms with Crippen LogP contribution in [0.1, 0.15) is 20.3 Å². The average Bonchev–Trinajstić information content (AvgIpc) is 3.00. The van der Waals surface area contributed by atoms with Crippen LogP contribution in [0.4, 0.5) is 0 Å². The van der Waals surface area contributed by atoms with E-state index in [4.69, 9.17) is 0 Å². The lowest BCUT2D eigenvalue weighted by molar-refractivity contribution is -0.131. The van der Waals surface area contributed by atoms with Crippen LogP contribution in [-0.4, -0.2) is 58.8 Å². The first-order chi connectivity index (χ1) is 9.43. The van der Waals surface area contributed by atoms with E-state index in [0.717, 1.165) is 4.34 Å². The zero-order valence-electron chi connectivity index (χ0n) is 11.4. The van der Waals surface area contributed by atoms with E-state index >= 15 is 0 Å². The number of rotatable bonds is 5.